The average molecular weight is 460 g/mol. The Kier molecular flexibility index (Phi) is 7.42. The van der Waals surface area contributed by atoms with E-state index in [9.17, 15) is 52.7 Å². The molecule has 27 heavy (non-hydrogen) atoms. The predicted molar refractivity (Wildman–Crippen MR) is 58.0 cm³/mol. The molecule has 0 fully saturated rings. The van der Waals surface area contributed by atoms with Gasteiger partial charge in [-0.25, -0.2) is 0 Å². The second-order valence-corrected chi connectivity index (χ2v) is 6.83. The van der Waals surface area contributed by atoms with Crippen LogP contribution in [0.5, 0.6) is 0 Å². The zero-order chi connectivity index (χ0) is 22.1. The average Bonchev–Trinajstić information content (AvgIpc) is 2.44. The Labute approximate surface area is 141 Å². The van der Waals surface area contributed by atoms with Gasteiger partial charge in [0.05, 0.1) is 0 Å². The minimum atomic E-state index is -7.36. The number of hydroxylamine groups is 4. The van der Waals surface area contributed by atoms with Gasteiger partial charge in [0.2, 0.25) is 0 Å². The molecule has 0 aliphatic rings. The van der Waals surface area contributed by atoms with E-state index in [1.165, 1.54) is 0 Å². The minimum absolute atomic E-state index is 0.0146. The second-order valence-electron chi connectivity index (χ2n) is 3.92. The molecular formula is C7H9F12N2O5P. The predicted octanol–water partition coefficient (Wildman–Crippen LogP) is 4.60. The van der Waals surface area contributed by atoms with Gasteiger partial charge in [-0.3, -0.25) is 0 Å². The van der Waals surface area contributed by atoms with Gasteiger partial charge in [-0.05, 0) is 0 Å². The summed E-state index contributed by atoms with van der Waals surface area (Å²) < 4.78 is 169. The summed E-state index contributed by atoms with van der Waals surface area (Å²) in [7, 11) is -7.32. The first kappa shape index (κ1) is 26.3. The molecule has 0 aromatic carbocycles. The zero-order valence-electron chi connectivity index (χ0n) is 12.9. The van der Waals surface area contributed by atoms with E-state index in [0.29, 0.717) is 0 Å². The fourth-order valence-corrected chi connectivity index (χ4v) is 2.96. The first-order valence-electron chi connectivity index (χ1n) is 5.66. The van der Waals surface area contributed by atoms with E-state index < -0.39 is 43.1 Å². The van der Waals surface area contributed by atoms with Crippen LogP contribution in [0.15, 0.2) is 0 Å². The van der Waals surface area contributed by atoms with Crippen LogP contribution in [0.3, 0.4) is 0 Å². The van der Waals surface area contributed by atoms with E-state index in [0.717, 1.165) is 0 Å². The number of hydrogen-bond acceptors (Lipinski definition) is 7. The van der Waals surface area contributed by atoms with E-state index >= 15 is 0 Å². The summed E-state index contributed by atoms with van der Waals surface area (Å²) in [5, 5.41) is -5.83. The Bertz CT molecular complexity index is 423. The summed E-state index contributed by atoms with van der Waals surface area (Å²) in [4.78, 5) is 0. The van der Waals surface area contributed by atoms with E-state index in [4.69, 9.17) is 0 Å². The van der Waals surface area contributed by atoms with Crippen molar-refractivity contribution in [2.45, 2.75) is 25.2 Å². The summed E-state index contributed by atoms with van der Waals surface area (Å²) in [6, 6.07) is 0. The van der Waals surface area contributed by atoms with Crippen molar-refractivity contribution >= 4 is 7.74 Å². The van der Waals surface area contributed by atoms with Gasteiger partial charge in [0.15, 0.2) is 0 Å². The molecule has 0 aromatic heterocycles. The first-order valence-corrected chi connectivity index (χ1v) is 7.49. The molecule has 7 nitrogen and oxygen atoms in total. The van der Waals surface area contributed by atoms with Crippen molar-refractivity contribution in [1.29, 1.82) is 0 Å². The summed E-state index contributed by atoms with van der Waals surface area (Å²) in [6.07, 6.45) is -26.2. The number of nitrogens with zero attached hydrogens (tertiary/aromatic N) is 2. The number of alkyl halides is 12. The molecule has 0 atom stereocenters. The van der Waals surface area contributed by atoms with Crippen LogP contribution in [0.1, 0.15) is 0 Å². The number of rotatable bonds is 7. The quantitative estimate of drug-likeness (QED) is 0.238. The third-order valence-electron chi connectivity index (χ3n) is 2.25. The zero-order valence-corrected chi connectivity index (χ0v) is 13.8. The van der Waals surface area contributed by atoms with Crippen LogP contribution in [0.2, 0.25) is 0 Å². The van der Waals surface area contributed by atoms with Gasteiger partial charge in [0.1, 0.15) is 0 Å². The topological polar surface area (TPSA) is 52.6 Å². The van der Waals surface area contributed by atoms with E-state index in [2.05, 4.69) is 22.8 Å². The van der Waals surface area contributed by atoms with Crippen LogP contribution >= 0.6 is 7.74 Å². The Morgan fingerprint density at radius 3 is 0.778 bits per heavy atom. The maximum absolute atomic E-state index is 12.6. The van der Waals surface area contributed by atoms with Crippen molar-refractivity contribution < 1.29 is 75.5 Å². The van der Waals surface area contributed by atoms with Gasteiger partial charge < -0.3 is 0 Å². The Morgan fingerprint density at radius 1 is 0.481 bits per heavy atom. The molecule has 0 amide bonds. The molecular weight excluding hydrogens is 451 g/mol. The second kappa shape index (κ2) is 7.62. The third-order valence-corrected chi connectivity index (χ3v) is 4.89. The summed E-state index contributed by atoms with van der Waals surface area (Å²) in [5.74, 6) is 0. The maximum atomic E-state index is 12.6. The summed E-state index contributed by atoms with van der Waals surface area (Å²) in [6.45, 7) is 0. The van der Waals surface area contributed by atoms with Gasteiger partial charge in [-0.15, -0.1) is 0 Å². The van der Waals surface area contributed by atoms with Crippen molar-refractivity contribution in [2.75, 3.05) is 21.3 Å². The molecule has 20 heteroatoms. The molecule has 0 N–H and O–H groups in total. The monoisotopic (exact) mass is 460 g/mol. The van der Waals surface area contributed by atoms with Crippen LogP contribution in [0.4, 0.5) is 52.7 Å². The van der Waals surface area contributed by atoms with Crippen LogP contribution in [0.25, 0.3) is 0 Å². The molecule has 0 bridgehead atoms. The van der Waals surface area contributed by atoms with Gasteiger partial charge in [-0.1, -0.05) is 0 Å². The van der Waals surface area contributed by atoms with Crippen LogP contribution < -0.4 is 0 Å². The first-order chi connectivity index (χ1) is 11.7. The molecule has 0 saturated carbocycles. The fourth-order valence-electron chi connectivity index (χ4n) is 1.18. The fraction of sp³-hybridized carbons (Fsp3) is 1.00. The Morgan fingerprint density at radius 2 is 0.667 bits per heavy atom. The molecule has 0 rings (SSSR count). The molecule has 0 heterocycles. The van der Waals surface area contributed by atoms with Crippen molar-refractivity contribution in [3.05, 3.63) is 0 Å². The molecule has 0 aliphatic heterocycles. The molecule has 0 unspecified atom stereocenters. The number of halogens is 12. The van der Waals surface area contributed by atoms with E-state index in [-0.39, 0.29) is 21.3 Å². The normalized spacial score (nSPS) is 16.7. The van der Waals surface area contributed by atoms with Crippen molar-refractivity contribution in [3.8, 4) is 0 Å². The molecule has 0 saturated heterocycles. The Balaban J connectivity index is 6.49. The van der Waals surface area contributed by atoms with Crippen molar-refractivity contribution in [2.24, 2.45) is 0 Å². The third kappa shape index (κ3) is 6.14. The van der Waals surface area contributed by atoms with Gasteiger partial charge in [0, 0.05) is 0 Å². The van der Waals surface area contributed by atoms with Crippen LogP contribution in [-0.4, -0.2) is 56.7 Å². The van der Waals surface area contributed by atoms with Crippen LogP contribution in [0, 0.1) is 0 Å². The van der Waals surface area contributed by atoms with Gasteiger partial charge in [0.25, 0.3) is 0 Å². The van der Waals surface area contributed by atoms with Gasteiger partial charge in [-0.2, -0.15) is 0 Å². The number of hydrogen-bond donors (Lipinski definition) is 0. The summed E-state index contributed by atoms with van der Waals surface area (Å²) >= 11 is 0. The molecule has 0 aromatic rings. The molecule has 0 radical (unpaired) electrons. The van der Waals surface area contributed by atoms with Crippen LogP contribution in [-0.2, 0) is 22.8 Å². The molecule has 0 aliphatic carbocycles. The SMILES string of the molecule is COP(OC)(OC)(ON(C(F)(F)F)C(F)(F)F)ON(C(F)(F)F)C(F)(F)F. The standard InChI is InChI=1S/C7H9F12N2O5P/c1-22-27(23-2,24-3,25-20(4(8,9)10)5(11,12)13)26-21(6(14,15)16)7(17,18)19/h1-3H3. The van der Waals surface area contributed by atoms with Crippen molar-refractivity contribution in [3.63, 3.8) is 0 Å². The summed E-state index contributed by atoms with van der Waals surface area (Å²) in [5.41, 5.74) is 0. The van der Waals surface area contributed by atoms with E-state index in [1.54, 1.807) is 0 Å². The Hall–Kier alpha value is -0.690. The van der Waals surface area contributed by atoms with E-state index in [1.807, 2.05) is 0 Å². The molecule has 0 spiro atoms. The van der Waals surface area contributed by atoms with Crippen molar-refractivity contribution in [1.82, 2.24) is 10.1 Å². The van der Waals surface area contributed by atoms with Gasteiger partial charge >= 0.3 is 140 Å². The molecule has 166 valence electrons.